The SMILES string of the molecule is C/C(=N/NC(=O)c1cc(-c2cccs2)nc2ccccc12)c1ccccn1. The fraction of sp³-hybridized carbons (Fsp3) is 0.0476. The molecular formula is C21H16N4OS. The van der Waals surface area contributed by atoms with Crippen molar-refractivity contribution >= 4 is 33.9 Å². The number of nitrogens with zero attached hydrogens (tertiary/aromatic N) is 3. The molecule has 27 heavy (non-hydrogen) atoms. The standard InChI is InChI=1S/C21H16N4OS/c1-14(17-8-4-5-11-22-17)24-25-21(26)16-13-19(20-10-6-12-27-20)23-18-9-3-2-7-15(16)18/h2-13H,1H3,(H,25,26)/b24-14-. The maximum atomic E-state index is 12.9. The number of rotatable bonds is 4. The predicted molar refractivity (Wildman–Crippen MR) is 109 cm³/mol. The number of nitrogens with one attached hydrogen (secondary N) is 1. The average Bonchev–Trinajstić information content (AvgIpc) is 3.26. The zero-order valence-electron chi connectivity index (χ0n) is 14.6. The van der Waals surface area contributed by atoms with Crippen LogP contribution in [0, 0.1) is 0 Å². The van der Waals surface area contributed by atoms with Gasteiger partial charge in [0.25, 0.3) is 5.91 Å². The fourth-order valence-corrected chi connectivity index (χ4v) is 3.43. The fourth-order valence-electron chi connectivity index (χ4n) is 2.74. The third kappa shape index (κ3) is 3.61. The molecule has 0 radical (unpaired) electrons. The molecule has 0 saturated heterocycles. The lowest BCUT2D eigenvalue weighted by atomic mass is 10.1. The highest BCUT2D eigenvalue weighted by Gasteiger charge is 2.14. The van der Waals surface area contributed by atoms with E-state index in [0.29, 0.717) is 11.3 Å². The molecule has 0 spiro atoms. The van der Waals surface area contributed by atoms with Gasteiger partial charge in [-0.2, -0.15) is 5.10 Å². The molecule has 6 heteroatoms. The molecule has 1 aromatic carbocycles. The number of amides is 1. The number of carbonyl (C=O) groups is 1. The summed E-state index contributed by atoms with van der Waals surface area (Å²) in [6, 6.07) is 19.0. The maximum Gasteiger partial charge on any atom is 0.272 e. The van der Waals surface area contributed by atoms with Gasteiger partial charge in [0.2, 0.25) is 0 Å². The summed E-state index contributed by atoms with van der Waals surface area (Å²) in [5.74, 6) is -0.276. The first-order valence-electron chi connectivity index (χ1n) is 8.42. The molecule has 0 saturated carbocycles. The van der Waals surface area contributed by atoms with Gasteiger partial charge in [0, 0.05) is 11.6 Å². The zero-order chi connectivity index (χ0) is 18.6. The Labute approximate surface area is 160 Å². The summed E-state index contributed by atoms with van der Waals surface area (Å²) in [4.78, 5) is 22.8. The Morgan fingerprint density at radius 1 is 1.07 bits per heavy atom. The first-order valence-corrected chi connectivity index (χ1v) is 9.30. The number of benzene rings is 1. The second-order valence-corrected chi connectivity index (χ2v) is 6.85. The molecule has 132 valence electrons. The number of hydrogen-bond acceptors (Lipinski definition) is 5. The van der Waals surface area contributed by atoms with Crippen LogP contribution in [0.4, 0.5) is 0 Å². The van der Waals surface area contributed by atoms with Crippen molar-refractivity contribution in [2.45, 2.75) is 6.92 Å². The van der Waals surface area contributed by atoms with E-state index in [1.54, 1.807) is 17.5 Å². The van der Waals surface area contributed by atoms with E-state index in [1.807, 2.05) is 73.0 Å². The molecule has 0 unspecified atom stereocenters. The molecule has 0 fully saturated rings. The molecule has 4 aromatic rings. The molecule has 5 nitrogen and oxygen atoms in total. The van der Waals surface area contributed by atoms with E-state index in [1.165, 1.54) is 0 Å². The van der Waals surface area contributed by atoms with Gasteiger partial charge in [0.1, 0.15) is 0 Å². The van der Waals surface area contributed by atoms with Gasteiger partial charge < -0.3 is 0 Å². The van der Waals surface area contributed by atoms with Gasteiger partial charge in [-0.1, -0.05) is 30.3 Å². The molecule has 4 rings (SSSR count). The van der Waals surface area contributed by atoms with Crippen LogP contribution in [0.5, 0.6) is 0 Å². The minimum atomic E-state index is -0.276. The number of para-hydroxylation sites is 1. The average molecular weight is 372 g/mol. The van der Waals surface area contributed by atoms with E-state index in [0.717, 1.165) is 27.2 Å². The molecule has 0 aliphatic heterocycles. The van der Waals surface area contributed by atoms with Crippen molar-refractivity contribution in [3.8, 4) is 10.6 Å². The normalized spacial score (nSPS) is 11.5. The second kappa shape index (κ2) is 7.47. The van der Waals surface area contributed by atoms with Crippen LogP contribution in [-0.4, -0.2) is 21.6 Å². The van der Waals surface area contributed by atoms with E-state index in [2.05, 4.69) is 20.5 Å². The summed E-state index contributed by atoms with van der Waals surface area (Å²) in [5, 5.41) is 6.99. The van der Waals surface area contributed by atoms with Crippen LogP contribution in [0.3, 0.4) is 0 Å². The van der Waals surface area contributed by atoms with Crippen LogP contribution in [-0.2, 0) is 0 Å². The Bertz CT molecular complexity index is 1120. The van der Waals surface area contributed by atoms with Crippen LogP contribution < -0.4 is 5.43 Å². The van der Waals surface area contributed by atoms with E-state index >= 15 is 0 Å². The highest BCUT2D eigenvalue weighted by molar-refractivity contribution is 7.13. The smallest absolute Gasteiger partial charge is 0.267 e. The molecule has 0 aliphatic carbocycles. The van der Waals surface area contributed by atoms with Crippen LogP contribution in [0.25, 0.3) is 21.5 Å². The van der Waals surface area contributed by atoms with Gasteiger partial charge in [-0.3, -0.25) is 9.78 Å². The van der Waals surface area contributed by atoms with Crippen molar-refractivity contribution < 1.29 is 4.79 Å². The number of pyridine rings is 2. The minimum absolute atomic E-state index is 0.276. The number of fused-ring (bicyclic) bond motifs is 1. The predicted octanol–water partition coefficient (Wildman–Crippen LogP) is 4.51. The van der Waals surface area contributed by atoms with Crippen LogP contribution >= 0.6 is 11.3 Å². The Morgan fingerprint density at radius 3 is 2.70 bits per heavy atom. The maximum absolute atomic E-state index is 12.9. The van der Waals surface area contributed by atoms with Crippen LogP contribution in [0.2, 0.25) is 0 Å². The molecular weight excluding hydrogens is 356 g/mol. The third-order valence-corrected chi connectivity index (χ3v) is 4.99. The quantitative estimate of drug-likeness (QED) is 0.423. The summed E-state index contributed by atoms with van der Waals surface area (Å²) in [5.41, 5.74) is 6.10. The highest BCUT2D eigenvalue weighted by Crippen LogP contribution is 2.27. The molecule has 0 aliphatic rings. The van der Waals surface area contributed by atoms with Crippen LogP contribution in [0.15, 0.2) is 77.3 Å². The number of thiophene rings is 1. The largest absolute Gasteiger partial charge is 0.272 e. The van der Waals surface area contributed by atoms with Crippen molar-refractivity contribution in [2.75, 3.05) is 0 Å². The first-order chi connectivity index (χ1) is 13.2. The Morgan fingerprint density at radius 2 is 1.93 bits per heavy atom. The number of aromatic nitrogens is 2. The lowest BCUT2D eigenvalue weighted by Gasteiger charge is -2.08. The lowest BCUT2D eigenvalue weighted by Crippen LogP contribution is -2.20. The summed E-state index contributed by atoms with van der Waals surface area (Å²) in [6.07, 6.45) is 1.69. The molecule has 3 heterocycles. The van der Waals surface area contributed by atoms with Gasteiger partial charge in [0.05, 0.1) is 33.1 Å². The molecule has 0 atom stereocenters. The van der Waals surface area contributed by atoms with Crippen molar-refractivity contribution in [3.05, 3.63) is 83.5 Å². The number of carbonyl (C=O) groups excluding carboxylic acids is 1. The molecule has 0 bridgehead atoms. The van der Waals surface area contributed by atoms with Crippen molar-refractivity contribution in [2.24, 2.45) is 5.10 Å². The van der Waals surface area contributed by atoms with Gasteiger partial charge in [-0.15, -0.1) is 11.3 Å². The Hall–Kier alpha value is -3.38. The number of hydrazone groups is 1. The summed E-state index contributed by atoms with van der Waals surface area (Å²) >= 11 is 1.59. The van der Waals surface area contributed by atoms with E-state index in [4.69, 9.17) is 0 Å². The van der Waals surface area contributed by atoms with E-state index in [9.17, 15) is 4.79 Å². The van der Waals surface area contributed by atoms with Gasteiger partial charge in [-0.05, 0) is 42.6 Å². The van der Waals surface area contributed by atoms with Crippen molar-refractivity contribution in [3.63, 3.8) is 0 Å². The second-order valence-electron chi connectivity index (χ2n) is 5.90. The Kier molecular flexibility index (Phi) is 4.72. The highest BCUT2D eigenvalue weighted by atomic mass is 32.1. The van der Waals surface area contributed by atoms with Gasteiger partial charge in [-0.25, -0.2) is 10.4 Å². The first kappa shape index (κ1) is 17.1. The number of hydrogen-bond donors (Lipinski definition) is 1. The minimum Gasteiger partial charge on any atom is -0.267 e. The van der Waals surface area contributed by atoms with E-state index in [-0.39, 0.29) is 5.91 Å². The molecule has 3 aromatic heterocycles. The topological polar surface area (TPSA) is 67.2 Å². The third-order valence-electron chi connectivity index (χ3n) is 4.10. The van der Waals surface area contributed by atoms with Gasteiger partial charge >= 0.3 is 0 Å². The zero-order valence-corrected chi connectivity index (χ0v) is 15.4. The van der Waals surface area contributed by atoms with Crippen molar-refractivity contribution in [1.82, 2.24) is 15.4 Å². The summed E-state index contributed by atoms with van der Waals surface area (Å²) in [7, 11) is 0. The molecule has 1 amide bonds. The summed E-state index contributed by atoms with van der Waals surface area (Å²) < 4.78 is 0. The van der Waals surface area contributed by atoms with Gasteiger partial charge in [0.15, 0.2) is 0 Å². The monoisotopic (exact) mass is 372 g/mol. The lowest BCUT2D eigenvalue weighted by molar-refractivity contribution is 0.0956. The van der Waals surface area contributed by atoms with E-state index < -0.39 is 0 Å². The van der Waals surface area contributed by atoms with Crippen molar-refractivity contribution in [1.29, 1.82) is 0 Å². The summed E-state index contributed by atoms with van der Waals surface area (Å²) in [6.45, 7) is 1.81. The van der Waals surface area contributed by atoms with Crippen LogP contribution in [0.1, 0.15) is 23.0 Å². The Balaban J connectivity index is 1.71. The molecule has 1 N–H and O–H groups in total.